The van der Waals surface area contributed by atoms with Crippen molar-refractivity contribution in [2.24, 2.45) is 5.10 Å². The largest absolute Gasteiger partial charge is 0.497 e. The van der Waals surface area contributed by atoms with Gasteiger partial charge in [0.1, 0.15) is 17.2 Å². The molecule has 0 saturated carbocycles. The van der Waals surface area contributed by atoms with Crippen molar-refractivity contribution in [2.45, 2.75) is 6.92 Å². The van der Waals surface area contributed by atoms with Crippen molar-refractivity contribution in [1.82, 2.24) is 5.43 Å². The molecule has 1 N–H and O–H groups in total. The highest BCUT2D eigenvalue weighted by atomic mass is 16.5. The lowest BCUT2D eigenvalue weighted by molar-refractivity contribution is -0.123. The van der Waals surface area contributed by atoms with Crippen LogP contribution in [0.15, 0.2) is 77.9 Å². The molecular formula is C24H22N2O5. The summed E-state index contributed by atoms with van der Waals surface area (Å²) in [5.41, 5.74) is 4.60. The van der Waals surface area contributed by atoms with E-state index in [4.69, 9.17) is 14.2 Å². The summed E-state index contributed by atoms with van der Waals surface area (Å²) in [5.74, 6) is 0.860. The molecule has 0 atom stereocenters. The van der Waals surface area contributed by atoms with Crippen molar-refractivity contribution < 1.29 is 23.8 Å². The summed E-state index contributed by atoms with van der Waals surface area (Å²) >= 11 is 0. The number of nitrogens with zero attached hydrogens (tertiary/aromatic N) is 1. The van der Waals surface area contributed by atoms with Gasteiger partial charge in [-0.1, -0.05) is 17.7 Å². The first kappa shape index (κ1) is 21.6. The van der Waals surface area contributed by atoms with Crippen LogP contribution in [-0.2, 0) is 4.79 Å². The zero-order valence-electron chi connectivity index (χ0n) is 17.2. The van der Waals surface area contributed by atoms with Crippen LogP contribution in [0.2, 0.25) is 0 Å². The number of benzene rings is 3. The number of hydrogen-bond donors (Lipinski definition) is 1. The maximum atomic E-state index is 12.2. The number of aryl methyl sites for hydroxylation is 1. The first-order valence-corrected chi connectivity index (χ1v) is 9.51. The molecule has 0 heterocycles. The predicted octanol–water partition coefficient (Wildman–Crippen LogP) is 3.75. The molecule has 0 radical (unpaired) electrons. The summed E-state index contributed by atoms with van der Waals surface area (Å²) in [6.45, 7) is 1.74. The van der Waals surface area contributed by atoms with E-state index in [2.05, 4.69) is 10.5 Å². The van der Waals surface area contributed by atoms with Gasteiger partial charge in [-0.25, -0.2) is 10.2 Å². The molecule has 3 rings (SSSR count). The van der Waals surface area contributed by atoms with Crippen LogP contribution < -0.4 is 19.6 Å². The quantitative estimate of drug-likeness (QED) is 0.261. The smallest absolute Gasteiger partial charge is 0.343 e. The van der Waals surface area contributed by atoms with Crippen molar-refractivity contribution in [3.05, 3.63) is 89.5 Å². The third-order valence-corrected chi connectivity index (χ3v) is 4.18. The van der Waals surface area contributed by atoms with Gasteiger partial charge in [-0.05, 0) is 73.2 Å². The average molecular weight is 418 g/mol. The van der Waals surface area contributed by atoms with Crippen LogP contribution >= 0.6 is 0 Å². The third kappa shape index (κ3) is 6.71. The highest BCUT2D eigenvalue weighted by molar-refractivity contribution is 5.91. The van der Waals surface area contributed by atoms with Crippen molar-refractivity contribution >= 4 is 18.1 Å². The first-order valence-electron chi connectivity index (χ1n) is 9.51. The van der Waals surface area contributed by atoms with E-state index in [1.165, 1.54) is 6.21 Å². The van der Waals surface area contributed by atoms with Gasteiger partial charge in [0.2, 0.25) is 0 Å². The number of amides is 1. The van der Waals surface area contributed by atoms with Gasteiger partial charge in [-0.2, -0.15) is 5.10 Å². The van der Waals surface area contributed by atoms with Crippen LogP contribution in [0.25, 0.3) is 0 Å². The molecule has 0 fully saturated rings. The van der Waals surface area contributed by atoms with Gasteiger partial charge in [0, 0.05) is 0 Å². The van der Waals surface area contributed by atoms with E-state index < -0.39 is 11.9 Å². The molecular weight excluding hydrogens is 396 g/mol. The molecule has 0 saturated heterocycles. The van der Waals surface area contributed by atoms with Crippen LogP contribution in [0.5, 0.6) is 17.2 Å². The summed E-state index contributed by atoms with van der Waals surface area (Å²) in [6, 6.07) is 20.9. The number of hydrogen-bond acceptors (Lipinski definition) is 6. The van der Waals surface area contributed by atoms with Gasteiger partial charge in [-0.15, -0.1) is 0 Å². The predicted molar refractivity (Wildman–Crippen MR) is 117 cm³/mol. The molecule has 3 aromatic rings. The van der Waals surface area contributed by atoms with Gasteiger partial charge in [0.25, 0.3) is 5.91 Å². The summed E-state index contributed by atoms with van der Waals surface area (Å²) < 4.78 is 15.8. The molecule has 0 aromatic heterocycles. The number of nitrogens with one attached hydrogen (secondary N) is 1. The Labute approximate surface area is 180 Å². The maximum absolute atomic E-state index is 12.2. The number of methoxy groups -OCH3 is 1. The standard InChI is InChI=1S/C24H22N2O5/c1-17-4-3-5-19(14-17)24(28)31-22-8-6-18(7-9-22)15-25-26-23(27)16-30-21-12-10-20(29-2)11-13-21/h3-15H,16H2,1-2H3,(H,26,27)/b25-15-. The van der Waals surface area contributed by atoms with Crippen molar-refractivity contribution in [3.63, 3.8) is 0 Å². The fourth-order valence-electron chi connectivity index (χ4n) is 2.59. The second-order valence-electron chi connectivity index (χ2n) is 6.59. The Morgan fingerprint density at radius 3 is 2.29 bits per heavy atom. The molecule has 0 bridgehead atoms. The SMILES string of the molecule is COc1ccc(OCC(=O)N/N=C\c2ccc(OC(=O)c3cccc(C)c3)cc2)cc1. The molecule has 3 aromatic carbocycles. The maximum Gasteiger partial charge on any atom is 0.343 e. The summed E-state index contributed by atoms with van der Waals surface area (Å²) in [6.07, 6.45) is 1.48. The lowest BCUT2D eigenvalue weighted by Crippen LogP contribution is -2.24. The fourth-order valence-corrected chi connectivity index (χ4v) is 2.59. The zero-order valence-corrected chi connectivity index (χ0v) is 17.2. The fraction of sp³-hybridized carbons (Fsp3) is 0.125. The molecule has 1 amide bonds. The Morgan fingerprint density at radius 2 is 1.61 bits per heavy atom. The van der Waals surface area contributed by atoms with Crippen LogP contribution in [-0.4, -0.2) is 31.8 Å². The van der Waals surface area contributed by atoms with Crippen molar-refractivity contribution in [2.75, 3.05) is 13.7 Å². The number of ether oxygens (including phenoxy) is 3. The Hall–Kier alpha value is -4.13. The second-order valence-corrected chi connectivity index (χ2v) is 6.59. The molecule has 31 heavy (non-hydrogen) atoms. The molecule has 0 spiro atoms. The van der Waals surface area contributed by atoms with E-state index in [9.17, 15) is 9.59 Å². The highest BCUT2D eigenvalue weighted by Gasteiger charge is 2.08. The van der Waals surface area contributed by atoms with E-state index >= 15 is 0 Å². The van der Waals surface area contributed by atoms with Gasteiger partial charge < -0.3 is 14.2 Å². The summed E-state index contributed by atoms with van der Waals surface area (Å²) in [7, 11) is 1.58. The van der Waals surface area contributed by atoms with Crippen LogP contribution in [0.1, 0.15) is 21.5 Å². The van der Waals surface area contributed by atoms with E-state index in [0.717, 1.165) is 11.1 Å². The van der Waals surface area contributed by atoms with Crippen molar-refractivity contribution in [3.8, 4) is 17.2 Å². The monoisotopic (exact) mass is 418 g/mol. The van der Waals surface area contributed by atoms with Gasteiger partial charge in [0.05, 0.1) is 18.9 Å². The van der Waals surface area contributed by atoms with E-state index in [1.807, 2.05) is 19.1 Å². The Bertz CT molecular complexity index is 1060. The Kier molecular flexibility index (Phi) is 7.37. The van der Waals surface area contributed by atoms with Crippen LogP contribution in [0.4, 0.5) is 0 Å². The van der Waals surface area contributed by atoms with Crippen molar-refractivity contribution in [1.29, 1.82) is 0 Å². The topological polar surface area (TPSA) is 86.2 Å². The third-order valence-electron chi connectivity index (χ3n) is 4.18. The number of hydrazone groups is 1. The average Bonchev–Trinajstić information content (AvgIpc) is 2.79. The molecule has 7 heteroatoms. The summed E-state index contributed by atoms with van der Waals surface area (Å²) in [4.78, 5) is 24.0. The normalized spacial score (nSPS) is 10.5. The number of esters is 1. The lowest BCUT2D eigenvalue weighted by Gasteiger charge is -2.06. The highest BCUT2D eigenvalue weighted by Crippen LogP contribution is 2.17. The Balaban J connectivity index is 1.45. The molecule has 0 aliphatic carbocycles. The van der Waals surface area contributed by atoms with Gasteiger partial charge in [-0.3, -0.25) is 4.79 Å². The van der Waals surface area contributed by atoms with E-state index in [1.54, 1.807) is 67.8 Å². The molecule has 158 valence electrons. The second kappa shape index (κ2) is 10.6. The molecule has 0 aliphatic heterocycles. The minimum atomic E-state index is -0.422. The van der Waals surface area contributed by atoms with Crippen LogP contribution in [0, 0.1) is 6.92 Å². The summed E-state index contributed by atoms with van der Waals surface area (Å²) in [5, 5.41) is 3.90. The molecule has 0 aliphatic rings. The molecule has 7 nitrogen and oxygen atoms in total. The first-order chi connectivity index (χ1) is 15.0. The lowest BCUT2D eigenvalue weighted by atomic mass is 10.1. The minimum Gasteiger partial charge on any atom is -0.497 e. The Morgan fingerprint density at radius 1 is 0.935 bits per heavy atom. The number of rotatable bonds is 8. The van der Waals surface area contributed by atoms with Gasteiger partial charge in [0.15, 0.2) is 6.61 Å². The van der Waals surface area contributed by atoms with Gasteiger partial charge >= 0.3 is 5.97 Å². The minimum absolute atomic E-state index is 0.169. The van der Waals surface area contributed by atoms with E-state index in [-0.39, 0.29) is 6.61 Å². The van der Waals surface area contributed by atoms with E-state index in [0.29, 0.717) is 22.8 Å². The zero-order chi connectivity index (χ0) is 22.1. The van der Waals surface area contributed by atoms with Crippen LogP contribution in [0.3, 0.4) is 0 Å². The molecule has 0 unspecified atom stereocenters. The number of carbonyl (C=O) groups excluding carboxylic acids is 2. The number of carbonyl (C=O) groups is 2.